The van der Waals surface area contributed by atoms with E-state index in [0.29, 0.717) is 17.5 Å². The van der Waals surface area contributed by atoms with Gasteiger partial charge in [-0.2, -0.15) is 13.2 Å². The first-order chi connectivity index (χ1) is 13.2. The number of alkyl halides is 3. The summed E-state index contributed by atoms with van der Waals surface area (Å²) in [4.78, 5) is 25.6. The molecule has 1 aliphatic rings. The highest BCUT2D eigenvalue weighted by atomic mass is 32.2. The largest absolute Gasteiger partial charge is 0.492 e. The first-order valence-electron chi connectivity index (χ1n) is 8.36. The molecule has 0 bridgehead atoms. The molecule has 2 aromatic rings. The van der Waals surface area contributed by atoms with E-state index in [0.717, 1.165) is 22.6 Å². The fourth-order valence-corrected chi connectivity index (χ4v) is 3.47. The number of hydrogen-bond acceptors (Lipinski definition) is 4. The lowest BCUT2D eigenvalue weighted by atomic mass is 10.1. The molecule has 3 rings (SSSR count). The maximum atomic E-state index is 12.8. The van der Waals surface area contributed by atoms with Crippen molar-refractivity contribution in [2.45, 2.75) is 13.1 Å². The van der Waals surface area contributed by atoms with Gasteiger partial charge in [0, 0.05) is 0 Å². The number of benzene rings is 2. The van der Waals surface area contributed by atoms with Crippen LogP contribution in [-0.4, -0.2) is 29.2 Å². The molecule has 0 saturated carbocycles. The third-order valence-corrected chi connectivity index (χ3v) is 4.87. The van der Waals surface area contributed by atoms with E-state index in [1.165, 1.54) is 18.2 Å². The van der Waals surface area contributed by atoms with Crippen LogP contribution in [0.15, 0.2) is 53.4 Å². The van der Waals surface area contributed by atoms with E-state index in [2.05, 4.69) is 0 Å². The van der Waals surface area contributed by atoms with Gasteiger partial charge in [0.05, 0.1) is 17.0 Å². The van der Waals surface area contributed by atoms with Crippen LogP contribution >= 0.6 is 11.8 Å². The molecular formula is C20H16F3NO3S. The predicted octanol–water partition coefficient (Wildman–Crippen LogP) is 5.13. The molecule has 0 atom stereocenters. The summed E-state index contributed by atoms with van der Waals surface area (Å²) < 4.78 is 44.0. The van der Waals surface area contributed by atoms with E-state index >= 15 is 0 Å². The molecule has 1 saturated heterocycles. The second kappa shape index (κ2) is 8.10. The Morgan fingerprint density at radius 1 is 1.11 bits per heavy atom. The molecule has 0 N–H and O–H groups in total. The second-order valence-corrected chi connectivity index (χ2v) is 7.11. The number of carbonyl (C=O) groups excluding carboxylic acids is 2. The SMILES string of the molecule is Cc1cccc(OCCN2C(=O)S/C(=C\c3cccc(C(F)(F)F)c3)C2=O)c1. The molecule has 0 aromatic heterocycles. The number of halogens is 3. The third-order valence-electron chi connectivity index (χ3n) is 3.96. The molecule has 1 heterocycles. The minimum Gasteiger partial charge on any atom is -0.492 e. The maximum absolute atomic E-state index is 12.8. The van der Waals surface area contributed by atoms with E-state index in [9.17, 15) is 22.8 Å². The Hall–Kier alpha value is -2.74. The number of hydrogen-bond donors (Lipinski definition) is 0. The average molecular weight is 407 g/mol. The number of aryl methyl sites for hydroxylation is 1. The summed E-state index contributed by atoms with van der Waals surface area (Å²) in [6.07, 6.45) is -3.18. The summed E-state index contributed by atoms with van der Waals surface area (Å²) in [5.41, 5.74) is 0.413. The molecule has 0 spiro atoms. The van der Waals surface area contributed by atoms with Crippen LogP contribution in [0, 0.1) is 6.92 Å². The van der Waals surface area contributed by atoms with Gasteiger partial charge in [0.1, 0.15) is 12.4 Å². The number of nitrogens with zero attached hydrogens (tertiary/aromatic N) is 1. The summed E-state index contributed by atoms with van der Waals surface area (Å²) in [6, 6.07) is 12.0. The molecule has 2 aromatic carbocycles. The lowest BCUT2D eigenvalue weighted by molar-refractivity contribution is -0.137. The van der Waals surface area contributed by atoms with Crippen molar-refractivity contribution in [3.05, 3.63) is 70.1 Å². The van der Waals surface area contributed by atoms with Gasteiger partial charge >= 0.3 is 6.18 Å². The van der Waals surface area contributed by atoms with Crippen LogP contribution in [-0.2, 0) is 11.0 Å². The maximum Gasteiger partial charge on any atom is 0.416 e. The monoisotopic (exact) mass is 407 g/mol. The van der Waals surface area contributed by atoms with Crippen molar-refractivity contribution >= 4 is 29.0 Å². The van der Waals surface area contributed by atoms with Crippen LogP contribution in [0.4, 0.5) is 18.0 Å². The van der Waals surface area contributed by atoms with Crippen LogP contribution in [0.1, 0.15) is 16.7 Å². The minimum absolute atomic E-state index is 0.0541. The highest BCUT2D eigenvalue weighted by molar-refractivity contribution is 8.18. The Kier molecular flexibility index (Phi) is 5.79. The van der Waals surface area contributed by atoms with Crippen molar-refractivity contribution in [2.75, 3.05) is 13.2 Å². The van der Waals surface area contributed by atoms with Gasteiger partial charge in [-0.05, 0) is 60.2 Å². The van der Waals surface area contributed by atoms with Gasteiger partial charge in [-0.25, -0.2) is 0 Å². The molecular weight excluding hydrogens is 391 g/mol. The number of ether oxygens (including phenoxy) is 1. The highest BCUT2D eigenvalue weighted by Gasteiger charge is 2.35. The molecule has 1 aliphatic heterocycles. The first-order valence-corrected chi connectivity index (χ1v) is 9.18. The summed E-state index contributed by atoms with van der Waals surface area (Å²) >= 11 is 0.700. The minimum atomic E-state index is -4.48. The standard InChI is InChI=1S/C20H16F3NO3S/c1-13-4-2-7-16(10-13)27-9-8-24-18(25)17(28-19(24)26)12-14-5-3-6-15(11-14)20(21,22)23/h2-7,10-12H,8-9H2,1H3/b17-12-. The number of imide groups is 1. The van der Waals surface area contributed by atoms with Crippen LogP contribution in [0.5, 0.6) is 5.75 Å². The lowest BCUT2D eigenvalue weighted by Crippen LogP contribution is -2.32. The predicted molar refractivity (Wildman–Crippen MR) is 101 cm³/mol. The van der Waals surface area contributed by atoms with Gasteiger partial charge in [0.2, 0.25) is 0 Å². The highest BCUT2D eigenvalue weighted by Crippen LogP contribution is 2.34. The average Bonchev–Trinajstić information content (AvgIpc) is 2.89. The lowest BCUT2D eigenvalue weighted by Gasteiger charge is -2.13. The van der Waals surface area contributed by atoms with Gasteiger partial charge in [-0.1, -0.05) is 24.3 Å². The molecule has 0 radical (unpaired) electrons. The van der Waals surface area contributed by atoms with Crippen molar-refractivity contribution in [1.82, 2.24) is 4.90 Å². The quantitative estimate of drug-likeness (QED) is 0.645. The molecule has 8 heteroatoms. The van der Waals surface area contributed by atoms with Crippen molar-refractivity contribution in [3.8, 4) is 5.75 Å². The number of rotatable bonds is 5. The fraction of sp³-hybridized carbons (Fsp3) is 0.200. The van der Waals surface area contributed by atoms with Crippen molar-refractivity contribution in [3.63, 3.8) is 0 Å². The van der Waals surface area contributed by atoms with E-state index in [1.54, 1.807) is 6.07 Å². The Labute approximate surface area is 164 Å². The smallest absolute Gasteiger partial charge is 0.416 e. The van der Waals surface area contributed by atoms with Crippen molar-refractivity contribution < 1.29 is 27.5 Å². The van der Waals surface area contributed by atoms with Gasteiger partial charge in [-0.15, -0.1) is 0 Å². The van der Waals surface area contributed by atoms with Crippen molar-refractivity contribution in [2.24, 2.45) is 0 Å². The molecule has 2 amide bonds. The van der Waals surface area contributed by atoms with Crippen LogP contribution in [0.25, 0.3) is 6.08 Å². The fourth-order valence-electron chi connectivity index (χ4n) is 2.61. The Balaban J connectivity index is 1.67. The zero-order valence-corrected chi connectivity index (χ0v) is 15.6. The Morgan fingerprint density at radius 3 is 2.57 bits per heavy atom. The normalized spacial score (nSPS) is 16.1. The third kappa shape index (κ3) is 4.75. The Morgan fingerprint density at radius 2 is 1.86 bits per heavy atom. The molecule has 28 heavy (non-hydrogen) atoms. The Bertz CT molecular complexity index is 940. The number of thioether (sulfide) groups is 1. The van der Waals surface area contributed by atoms with E-state index in [-0.39, 0.29) is 23.6 Å². The van der Waals surface area contributed by atoms with Gasteiger partial charge in [0.15, 0.2) is 0 Å². The first kappa shape index (κ1) is 20.0. The molecule has 0 unspecified atom stereocenters. The van der Waals surface area contributed by atoms with Crippen molar-refractivity contribution in [1.29, 1.82) is 0 Å². The molecule has 146 valence electrons. The number of carbonyl (C=O) groups is 2. The van der Waals surface area contributed by atoms with E-state index < -0.39 is 22.9 Å². The topological polar surface area (TPSA) is 46.6 Å². The summed E-state index contributed by atoms with van der Waals surface area (Å²) in [5.74, 6) is 0.0896. The summed E-state index contributed by atoms with van der Waals surface area (Å²) in [5, 5.41) is -0.476. The summed E-state index contributed by atoms with van der Waals surface area (Å²) in [7, 11) is 0. The van der Waals surface area contributed by atoms with E-state index in [1.807, 2.05) is 25.1 Å². The zero-order chi connectivity index (χ0) is 20.3. The summed E-state index contributed by atoms with van der Waals surface area (Å²) in [6.45, 7) is 2.10. The van der Waals surface area contributed by atoms with Gasteiger partial charge in [0.25, 0.3) is 11.1 Å². The van der Waals surface area contributed by atoms with Crippen LogP contribution in [0.3, 0.4) is 0 Å². The van der Waals surface area contributed by atoms with Crippen LogP contribution < -0.4 is 4.74 Å². The number of amides is 2. The van der Waals surface area contributed by atoms with Gasteiger partial charge in [-0.3, -0.25) is 14.5 Å². The molecule has 1 fully saturated rings. The van der Waals surface area contributed by atoms with Gasteiger partial charge < -0.3 is 4.74 Å². The second-order valence-electron chi connectivity index (χ2n) is 6.12. The van der Waals surface area contributed by atoms with E-state index in [4.69, 9.17) is 4.74 Å². The van der Waals surface area contributed by atoms with Crippen LogP contribution in [0.2, 0.25) is 0 Å². The molecule has 0 aliphatic carbocycles. The molecule has 4 nitrogen and oxygen atoms in total. The zero-order valence-electron chi connectivity index (χ0n) is 14.8.